The zero-order valence-electron chi connectivity index (χ0n) is 20.8. The fourth-order valence-corrected chi connectivity index (χ4v) is 5.01. The van der Waals surface area contributed by atoms with Crippen LogP contribution in [0.2, 0.25) is 0 Å². The topological polar surface area (TPSA) is 92.1 Å². The molecule has 2 N–H and O–H groups in total. The fraction of sp³-hybridized carbons (Fsp3) is 0.481. The summed E-state index contributed by atoms with van der Waals surface area (Å²) in [5.74, 6) is -0.0528. The van der Waals surface area contributed by atoms with Gasteiger partial charge in [-0.3, -0.25) is 14.3 Å². The summed E-state index contributed by atoms with van der Waals surface area (Å²) < 4.78 is 1.73. The van der Waals surface area contributed by atoms with E-state index in [1.165, 1.54) is 12.8 Å². The zero-order valence-corrected chi connectivity index (χ0v) is 20.8. The number of amides is 2. The van der Waals surface area contributed by atoms with Crippen molar-refractivity contribution in [3.63, 3.8) is 0 Å². The number of benzene rings is 1. The van der Waals surface area contributed by atoms with E-state index in [0.717, 1.165) is 60.5 Å². The molecule has 2 aliphatic rings. The second-order valence-corrected chi connectivity index (χ2v) is 9.83. The molecule has 184 valence electrons. The Morgan fingerprint density at radius 3 is 2.66 bits per heavy atom. The van der Waals surface area contributed by atoms with Crippen molar-refractivity contribution in [2.24, 2.45) is 7.05 Å². The quantitative estimate of drug-likeness (QED) is 0.508. The molecule has 1 aliphatic carbocycles. The summed E-state index contributed by atoms with van der Waals surface area (Å²) in [6.45, 7) is 5.99. The van der Waals surface area contributed by atoms with Crippen LogP contribution in [0.25, 0.3) is 11.0 Å². The standard InChI is InChI=1S/C27H34N6O2/c1-4-8-22(27(35)28-19-9-7-10-20(15-19)33-13-5-6-14-33)30-26(34)21-16-23(18-11-12-18)29-25-24(21)17(2)31-32(25)3/h7,9-10,15-16,18,22H,4-6,8,11-14H2,1-3H3,(H,28,35)(H,30,34). The van der Waals surface area contributed by atoms with Gasteiger partial charge in [0.15, 0.2) is 5.65 Å². The molecular formula is C27H34N6O2. The molecule has 3 heterocycles. The Balaban J connectivity index is 1.37. The normalized spacial score (nSPS) is 16.5. The van der Waals surface area contributed by atoms with Gasteiger partial charge in [0.25, 0.3) is 5.91 Å². The number of aryl methyl sites for hydroxylation is 2. The lowest BCUT2D eigenvalue weighted by Crippen LogP contribution is -2.43. The number of pyridine rings is 1. The maximum absolute atomic E-state index is 13.5. The molecule has 1 aliphatic heterocycles. The minimum atomic E-state index is -0.632. The predicted molar refractivity (Wildman–Crippen MR) is 138 cm³/mol. The molecule has 35 heavy (non-hydrogen) atoms. The second-order valence-electron chi connectivity index (χ2n) is 9.83. The maximum Gasteiger partial charge on any atom is 0.252 e. The van der Waals surface area contributed by atoms with Gasteiger partial charge in [0.05, 0.1) is 16.6 Å². The first-order chi connectivity index (χ1) is 16.9. The lowest BCUT2D eigenvalue weighted by Gasteiger charge is -2.21. The Kier molecular flexibility index (Phi) is 6.45. The number of hydrogen-bond donors (Lipinski definition) is 2. The molecule has 2 amide bonds. The Morgan fingerprint density at radius 1 is 1.17 bits per heavy atom. The molecule has 0 bridgehead atoms. The van der Waals surface area contributed by atoms with Gasteiger partial charge in [0.1, 0.15) is 6.04 Å². The van der Waals surface area contributed by atoms with Crippen LogP contribution in [0.5, 0.6) is 0 Å². The van der Waals surface area contributed by atoms with Crippen molar-refractivity contribution in [1.82, 2.24) is 20.1 Å². The third-order valence-electron chi connectivity index (χ3n) is 7.01. The number of nitrogens with zero attached hydrogens (tertiary/aromatic N) is 4. The number of hydrogen-bond acceptors (Lipinski definition) is 5. The Bertz CT molecular complexity index is 1260. The van der Waals surface area contributed by atoms with Gasteiger partial charge >= 0.3 is 0 Å². The van der Waals surface area contributed by atoms with E-state index in [1.54, 1.807) is 4.68 Å². The van der Waals surface area contributed by atoms with Crippen LogP contribution in [0.15, 0.2) is 30.3 Å². The van der Waals surface area contributed by atoms with E-state index in [4.69, 9.17) is 4.98 Å². The van der Waals surface area contributed by atoms with Crippen LogP contribution in [0.4, 0.5) is 11.4 Å². The molecule has 3 aromatic rings. The highest BCUT2D eigenvalue weighted by Crippen LogP contribution is 2.40. The number of anilines is 2. The highest BCUT2D eigenvalue weighted by atomic mass is 16.2. The molecule has 1 unspecified atom stereocenters. The molecule has 2 aromatic heterocycles. The molecule has 1 saturated carbocycles. The molecular weight excluding hydrogens is 440 g/mol. The van der Waals surface area contributed by atoms with Crippen molar-refractivity contribution < 1.29 is 9.59 Å². The first kappa shape index (κ1) is 23.3. The second kappa shape index (κ2) is 9.68. The summed E-state index contributed by atoms with van der Waals surface area (Å²) in [5.41, 5.74) is 4.83. The van der Waals surface area contributed by atoms with Gasteiger partial charge in [-0.2, -0.15) is 5.10 Å². The minimum absolute atomic E-state index is 0.200. The Morgan fingerprint density at radius 2 is 1.94 bits per heavy atom. The van der Waals surface area contributed by atoms with Crippen LogP contribution >= 0.6 is 0 Å². The monoisotopic (exact) mass is 474 g/mol. The smallest absolute Gasteiger partial charge is 0.252 e. The number of rotatable bonds is 8. The van der Waals surface area contributed by atoms with Crippen molar-refractivity contribution in [3.05, 3.63) is 47.3 Å². The molecule has 0 spiro atoms. The highest BCUT2D eigenvalue weighted by molar-refractivity contribution is 6.08. The predicted octanol–water partition coefficient (Wildman–Crippen LogP) is 4.29. The zero-order chi connectivity index (χ0) is 24.5. The number of fused-ring (bicyclic) bond motifs is 1. The summed E-state index contributed by atoms with van der Waals surface area (Å²) in [7, 11) is 1.85. The van der Waals surface area contributed by atoms with Gasteiger partial charge in [0, 0.05) is 43.1 Å². The Labute approximate surface area is 206 Å². The van der Waals surface area contributed by atoms with Crippen molar-refractivity contribution in [3.8, 4) is 0 Å². The van der Waals surface area contributed by atoms with Gasteiger partial charge < -0.3 is 15.5 Å². The summed E-state index contributed by atoms with van der Waals surface area (Å²) in [6, 6.07) is 9.22. The molecule has 8 nitrogen and oxygen atoms in total. The van der Waals surface area contributed by atoms with E-state index in [9.17, 15) is 9.59 Å². The molecule has 1 atom stereocenters. The number of aromatic nitrogens is 3. The van der Waals surface area contributed by atoms with Crippen molar-refractivity contribution in [2.75, 3.05) is 23.3 Å². The van der Waals surface area contributed by atoms with Crippen LogP contribution in [0, 0.1) is 6.92 Å². The van der Waals surface area contributed by atoms with Crippen molar-refractivity contribution in [2.45, 2.75) is 64.3 Å². The average molecular weight is 475 g/mol. The first-order valence-electron chi connectivity index (χ1n) is 12.8. The number of nitrogens with one attached hydrogen (secondary N) is 2. The SMILES string of the molecule is CCCC(NC(=O)c1cc(C2CC2)nc2c1c(C)nn2C)C(=O)Nc1cccc(N2CCCC2)c1. The van der Waals surface area contributed by atoms with Gasteiger partial charge in [-0.05, 0) is 63.3 Å². The minimum Gasteiger partial charge on any atom is -0.371 e. The third-order valence-corrected chi connectivity index (χ3v) is 7.01. The van der Waals surface area contributed by atoms with E-state index in [-0.39, 0.29) is 11.8 Å². The van der Waals surface area contributed by atoms with Gasteiger partial charge in [-0.1, -0.05) is 19.4 Å². The van der Waals surface area contributed by atoms with Crippen LogP contribution < -0.4 is 15.5 Å². The molecule has 8 heteroatoms. The van der Waals surface area contributed by atoms with Crippen LogP contribution in [-0.2, 0) is 11.8 Å². The summed E-state index contributed by atoms with van der Waals surface area (Å²) in [4.78, 5) is 33.9. The maximum atomic E-state index is 13.5. The molecule has 2 fully saturated rings. The number of carbonyl (C=O) groups excluding carboxylic acids is 2. The van der Waals surface area contributed by atoms with Crippen molar-refractivity contribution in [1.29, 1.82) is 0 Å². The van der Waals surface area contributed by atoms with E-state index in [1.807, 2.05) is 45.2 Å². The van der Waals surface area contributed by atoms with Gasteiger partial charge in [0.2, 0.25) is 5.91 Å². The van der Waals surface area contributed by atoms with E-state index in [2.05, 4.69) is 26.7 Å². The molecule has 1 aromatic carbocycles. The lowest BCUT2D eigenvalue weighted by atomic mass is 10.1. The van der Waals surface area contributed by atoms with Gasteiger partial charge in [-0.25, -0.2) is 4.98 Å². The Hall–Kier alpha value is -3.42. The van der Waals surface area contributed by atoms with Crippen LogP contribution in [-0.4, -0.2) is 45.7 Å². The summed E-state index contributed by atoms with van der Waals surface area (Å²) >= 11 is 0. The molecule has 1 saturated heterocycles. The largest absolute Gasteiger partial charge is 0.371 e. The van der Waals surface area contributed by atoms with E-state index < -0.39 is 6.04 Å². The number of carbonyl (C=O) groups is 2. The first-order valence-corrected chi connectivity index (χ1v) is 12.8. The van der Waals surface area contributed by atoms with E-state index in [0.29, 0.717) is 23.5 Å². The van der Waals surface area contributed by atoms with Gasteiger partial charge in [-0.15, -0.1) is 0 Å². The summed E-state index contributed by atoms with van der Waals surface area (Å²) in [6.07, 6.45) is 5.91. The van der Waals surface area contributed by atoms with E-state index >= 15 is 0 Å². The van der Waals surface area contributed by atoms with Crippen molar-refractivity contribution >= 4 is 34.2 Å². The summed E-state index contributed by atoms with van der Waals surface area (Å²) in [5, 5.41) is 11.3. The fourth-order valence-electron chi connectivity index (χ4n) is 5.01. The lowest BCUT2D eigenvalue weighted by molar-refractivity contribution is -0.118. The van der Waals surface area contributed by atoms with Crippen LogP contribution in [0.3, 0.4) is 0 Å². The highest BCUT2D eigenvalue weighted by Gasteiger charge is 2.29. The molecule has 0 radical (unpaired) electrons. The third kappa shape index (κ3) is 4.88. The molecule has 5 rings (SSSR count). The average Bonchev–Trinajstić information content (AvgIpc) is 3.47. The van der Waals surface area contributed by atoms with Crippen LogP contribution in [0.1, 0.15) is 73.1 Å².